The molecule has 3 aromatic rings. The lowest BCUT2D eigenvalue weighted by Crippen LogP contribution is -2.14. The summed E-state index contributed by atoms with van der Waals surface area (Å²) in [6, 6.07) is 19.7. The zero-order valence-corrected chi connectivity index (χ0v) is 22.9. The van der Waals surface area contributed by atoms with Crippen molar-refractivity contribution in [1.82, 2.24) is 0 Å². The number of nitro groups is 1. The molecule has 0 bridgehead atoms. The van der Waals surface area contributed by atoms with Gasteiger partial charge in [-0.3, -0.25) is 14.9 Å². The van der Waals surface area contributed by atoms with Gasteiger partial charge in [-0.2, -0.15) is 0 Å². The van der Waals surface area contributed by atoms with Crippen molar-refractivity contribution in [1.29, 1.82) is 0 Å². The van der Waals surface area contributed by atoms with Crippen LogP contribution < -0.4 is 4.74 Å². The monoisotopic (exact) mass is 608 g/mol. The van der Waals surface area contributed by atoms with Gasteiger partial charge in [0, 0.05) is 17.7 Å². The molecule has 11 heteroatoms. The molecule has 4 rings (SSSR count). The number of halogens is 1. The van der Waals surface area contributed by atoms with Gasteiger partial charge in [-0.15, -0.1) is 0 Å². The number of amides is 1. The molecule has 0 aliphatic carbocycles. The van der Waals surface area contributed by atoms with E-state index in [1.807, 2.05) is 0 Å². The zero-order chi connectivity index (χ0) is 27.9. The summed E-state index contributed by atoms with van der Waals surface area (Å²) in [6.07, 6.45) is 1.65. The van der Waals surface area contributed by atoms with Gasteiger partial charge in [0.2, 0.25) is 0 Å². The van der Waals surface area contributed by atoms with Crippen LogP contribution in [0.1, 0.15) is 28.4 Å². The first-order valence-electron chi connectivity index (χ1n) is 11.6. The molecule has 1 aliphatic rings. The van der Waals surface area contributed by atoms with E-state index in [0.717, 1.165) is 17.3 Å². The second-order valence-corrected chi connectivity index (χ2v) is 9.93. The molecular formula is C28H21BrN2O7S. The molecule has 0 unspecified atom stereocenters. The van der Waals surface area contributed by atoms with E-state index in [1.165, 1.54) is 12.1 Å². The van der Waals surface area contributed by atoms with E-state index < -0.39 is 16.8 Å². The molecule has 0 fully saturated rings. The Balaban J connectivity index is 1.55. The molecule has 39 heavy (non-hydrogen) atoms. The number of hydrogen-bond donors (Lipinski definition) is 1. The van der Waals surface area contributed by atoms with Gasteiger partial charge in [-0.1, -0.05) is 36.0 Å². The Morgan fingerprint density at radius 1 is 1.10 bits per heavy atom. The van der Waals surface area contributed by atoms with Gasteiger partial charge < -0.3 is 14.6 Å². The Morgan fingerprint density at radius 2 is 1.82 bits per heavy atom. The topological polar surface area (TPSA) is 128 Å². The second kappa shape index (κ2) is 12.5. The molecule has 0 spiro atoms. The summed E-state index contributed by atoms with van der Waals surface area (Å²) in [5.41, 5.74) is 1.62. The molecule has 198 valence electrons. The molecule has 0 saturated heterocycles. The van der Waals surface area contributed by atoms with Crippen LogP contribution in [0.4, 0.5) is 5.69 Å². The largest absolute Gasteiger partial charge is 0.506 e. The molecule has 1 heterocycles. The summed E-state index contributed by atoms with van der Waals surface area (Å²) in [6.45, 7) is 1.94. The van der Waals surface area contributed by atoms with Crippen molar-refractivity contribution in [2.75, 3.05) is 6.61 Å². The number of ether oxygens (including phenoxy) is 2. The third-order valence-electron chi connectivity index (χ3n) is 5.39. The van der Waals surface area contributed by atoms with Gasteiger partial charge in [0.05, 0.1) is 20.9 Å². The number of nitrogens with zero attached hydrogens (tertiary/aromatic N) is 2. The van der Waals surface area contributed by atoms with Gasteiger partial charge in [0.15, 0.2) is 0 Å². The van der Waals surface area contributed by atoms with Crippen LogP contribution in [0.15, 0.2) is 98.5 Å². The summed E-state index contributed by atoms with van der Waals surface area (Å²) in [4.78, 5) is 40.0. The van der Waals surface area contributed by atoms with E-state index in [1.54, 1.807) is 73.7 Å². The lowest BCUT2D eigenvalue weighted by Gasteiger charge is -2.09. The highest BCUT2D eigenvalue weighted by molar-refractivity contribution is 9.10. The number of nitro benzene ring substituents is 1. The zero-order valence-electron chi connectivity index (χ0n) is 20.5. The lowest BCUT2D eigenvalue weighted by molar-refractivity contribution is -0.384. The highest BCUT2D eigenvalue weighted by Crippen LogP contribution is 2.40. The minimum atomic E-state index is -0.776. The Bertz CT molecular complexity index is 1520. The van der Waals surface area contributed by atoms with Crippen LogP contribution in [0.3, 0.4) is 0 Å². The Morgan fingerprint density at radius 3 is 2.46 bits per heavy atom. The third-order valence-corrected chi connectivity index (χ3v) is 7.03. The molecule has 3 aromatic carbocycles. The Kier molecular flexibility index (Phi) is 8.95. The van der Waals surface area contributed by atoms with Gasteiger partial charge in [0.1, 0.15) is 28.7 Å². The number of hydrogen-bond acceptors (Lipinski definition) is 8. The molecule has 1 N–H and O–H groups in total. The number of esters is 1. The highest BCUT2D eigenvalue weighted by atomic mass is 79.9. The van der Waals surface area contributed by atoms with Crippen molar-refractivity contribution in [3.8, 4) is 5.75 Å². The first-order valence-corrected chi connectivity index (χ1v) is 13.2. The SMILES string of the molecule is CCOC(=O)C1=C(O)/C(=C/c2ccc(OCc3ccc([N+](=O)[O-])cc3)c(Br)c2)SC1=NC(=O)c1ccccc1. The smallest absolute Gasteiger partial charge is 0.344 e. The molecule has 1 aliphatic heterocycles. The number of aliphatic imine (C=N–C) groups is 1. The number of carbonyl (C=O) groups excluding carboxylic acids is 2. The molecule has 9 nitrogen and oxygen atoms in total. The van der Waals surface area contributed by atoms with E-state index in [9.17, 15) is 24.8 Å². The number of benzene rings is 3. The molecule has 0 radical (unpaired) electrons. The highest BCUT2D eigenvalue weighted by Gasteiger charge is 2.34. The quantitative estimate of drug-likeness (QED) is 0.171. The Labute approximate surface area is 236 Å². The fraction of sp³-hybridized carbons (Fsp3) is 0.107. The van der Waals surface area contributed by atoms with Crippen LogP contribution in [0.25, 0.3) is 6.08 Å². The second-order valence-electron chi connectivity index (χ2n) is 8.04. The van der Waals surface area contributed by atoms with E-state index >= 15 is 0 Å². The average molecular weight is 609 g/mol. The Hall–Kier alpha value is -4.22. The van der Waals surface area contributed by atoms with Gasteiger partial charge in [-0.25, -0.2) is 9.79 Å². The number of carbonyl (C=O) groups is 2. The molecule has 0 aromatic heterocycles. The third kappa shape index (κ3) is 6.81. The van der Waals surface area contributed by atoms with E-state index in [2.05, 4.69) is 20.9 Å². The standard InChI is InChI=1S/C28H21BrN2O7S/c1-2-37-28(34)24-25(32)23(39-27(24)30-26(33)19-6-4-3-5-7-19)15-18-10-13-22(21(29)14-18)38-16-17-8-11-20(12-9-17)31(35)36/h3-15,32H,2,16H2,1H3/b23-15-,30-27?. The summed E-state index contributed by atoms with van der Waals surface area (Å²) >= 11 is 4.47. The maximum atomic E-state index is 12.7. The first-order chi connectivity index (χ1) is 18.8. The minimum absolute atomic E-state index is 0.00292. The van der Waals surface area contributed by atoms with Crippen LogP contribution in [-0.4, -0.2) is 33.6 Å². The number of aliphatic hydroxyl groups is 1. The number of rotatable bonds is 8. The summed E-state index contributed by atoms with van der Waals surface area (Å²) < 4.78 is 11.5. The van der Waals surface area contributed by atoms with Crippen LogP contribution in [0, 0.1) is 10.1 Å². The van der Waals surface area contributed by atoms with Crippen LogP contribution >= 0.6 is 27.7 Å². The molecule has 1 amide bonds. The van der Waals surface area contributed by atoms with Gasteiger partial charge in [0.25, 0.3) is 11.6 Å². The van der Waals surface area contributed by atoms with Crippen LogP contribution in [0.5, 0.6) is 5.75 Å². The lowest BCUT2D eigenvalue weighted by atomic mass is 10.1. The van der Waals surface area contributed by atoms with E-state index in [0.29, 0.717) is 26.3 Å². The molecule has 0 atom stereocenters. The fourth-order valence-electron chi connectivity index (χ4n) is 3.48. The molecule has 0 saturated carbocycles. The van der Waals surface area contributed by atoms with Crippen molar-refractivity contribution in [3.05, 3.63) is 120 Å². The first kappa shape index (κ1) is 27.8. The number of aliphatic hydroxyl groups excluding tert-OH is 1. The number of non-ortho nitro benzene ring substituents is 1. The number of thioether (sulfide) groups is 1. The van der Waals surface area contributed by atoms with Crippen molar-refractivity contribution in [2.45, 2.75) is 13.5 Å². The van der Waals surface area contributed by atoms with Crippen LogP contribution in [0.2, 0.25) is 0 Å². The van der Waals surface area contributed by atoms with E-state index in [-0.39, 0.29) is 35.3 Å². The van der Waals surface area contributed by atoms with Crippen molar-refractivity contribution in [3.63, 3.8) is 0 Å². The normalized spacial score (nSPS) is 15.0. The van der Waals surface area contributed by atoms with E-state index in [4.69, 9.17) is 9.47 Å². The summed E-state index contributed by atoms with van der Waals surface area (Å²) in [5, 5.41) is 21.7. The maximum absolute atomic E-state index is 12.7. The predicted molar refractivity (Wildman–Crippen MR) is 152 cm³/mol. The van der Waals surface area contributed by atoms with Crippen molar-refractivity contribution < 1.29 is 29.1 Å². The predicted octanol–water partition coefficient (Wildman–Crippen LogP) is 6.64. The maximum Gasteiger partial charge on any atom is 0.344 e. The molecular weight excluding hydrogens is 588 g/mol. The van der Waals surface area contributed by atoms with Crippen molar-refractivity contribution in [2.24, 2.45) is 4.99 Å². The average Bonchev–Trinajstić information content (AvgIpc) is 3.23. The summed E-state index contributed by atoms with van der Waals surface area (Å²) in [5.74, 6) is -1.11. The summed E-state index contributed by atoms with van der Waals surface area (Å²) in [7, 11) is 0. The van der Waals surface area contributed by atoms with Gasteiger partial charge >= 0.3 is 5.97 Å². The van der Waals surface area contributed by atoms with Crippen LogP contribution in [-0.2, 0) is 16.1 Å². The van der Waals surface area contributed by atoms with Crippen molar-refractivity contribution >= 4 is 56.4 Å². The minimum Gasteiger partial charge on any atom is -0.506 e. The fourth-order valence-corrected chi connectivity index (χ4v) is 5.00. The van der Waals surface area contributed by atoms with Gasteiger partial charge in [-0.05, 0) is 76.5 Å².